The summed E-state index contributed by atoms with van der Waals surface area (Å²) in [7, 11) is -0.265. The summed E-state index contributed by atoms with van der Waals surface area (Å²) in [4.78, 5) is 9.49. The second kappa shape index (κ2) is 6.44. The Morgan fingerprint density at radius 1 is 1.24 bits per heavy atom. The predicted molar refractivity (Wildman–Crippen MR) is 102 cm³/mol. The van der Waals surface area contributed by atoms with Gasteiger partial charge in [-0.05, 0) is 11.0 Å². The van der Waals surface area contributed by atoms with Crippen molar-refractivity contribution in [1.29, 1.82) is 0 Å². The van der Waals surface area contributed by atoms with Crippen LogP contribution in [-0.4, -0.2) is 37.0 Å². The zero-order chi connectivity index (χ0) is 17.4. The molecule has 0 unspecified atom stereocenters. The number of benzene rings is 1. The molecule has 25 heavy (non-hydrogen) atoms. The van der Waals surface area contributed by atoms with E-state index in [1.165, 1.54) is 5.56 Å². The summed E-state index contributed by atoms with van der Waals surface area (Å²) in [6.45, 7) is 7.22. The first-order valence-electron chi connectivity index (χ1n) is 8.40. The SMILES string of the molecule is CC1(C)COB(c2ccc(CN3CNc4c3[nH]cnc4=S)cc2)OC1. The summed E-state index contributed by atoms with van der Waals surface area (Å²) in [6, 6.07) is 8.40. The molecular formula is C17H21BN4O2S. The zero-order valence-corrected chi connectivity index (χ0v) is 15.2. The van der Waals surface area contributed by atoms with Crippen molar-refractivity contribution in [2.24, 2.45) is 5.41 Å². The Morgan fingerprint density at radius 3 is 2.68 bits per heavy atom. The number of aromatic amines is 1. The number of aromatic nitrogens is 2. The van der Waals surface area contributed by atoms with Crippen molar-refractivity contribution in [1.82, 2.24) is 9.97 Å². The van der Waals surface area contributed by atoms with Gasteiger partial charge in [-0.3, -0.25) is 0 Å². The average molecular weight is 356 g/mol. The van der Waals surface area contributed by atoms with Crippen molar-refractivity contribution in [3.05, 3.63) is 40.8 Å². The molecular weight excluding hydrogens is 335 g/mol. The Labute approximate surface area is 152 Å². The van der Waals surface area contributed by atoms with E-state index in [9.17, 15) is 0 Å². The molecule has 2 aliphatic heterocycles. The fraction of sp³-hybridized carbons (Fsp3) is 0.412. The first-order chi connectivity index (χ1) is 12.0. The standard InChI is InChI=1S/C17H21BN4O2S/c1-17(2)8-23-18(24-9-17)13-5-3-12(4-6-13)7-22-11-21-14-15(22)19-10-20-16(14)25/h3-6,10,21H,7-9,11H2,1-2H3,(H,19,20,25). The van der Waals surface area contributed by atoms with Gasteiger partial charge in [-0.15, -0.1) is 0 Å². The minimum Gasteiger partial charge on any atom is -0.407 e. The van der Waals surface area contributed by atoms with E-state index in [-0.39, 0.29) is 12.5 Å². The van der Waals surface area contributed by atoms with Gasteiger partial charge in [-0.2, -0.15) is 0 Å². The van der Waals surface area contributed by atoms with Gasteiger partial charge >= 0.3 is 7.12 Å². The molecule has 1 aromatic heterocycles. The molecule has 0 amide bonds. The second-order valence-electron chi connectivity index (χ2n) is 7.32. The zero-order valence-electron chi connectivity index (χ0n) is 14.4. The Bertz CT molecular complexity index is 814. The van der Waals surface area contributed by atoms with E-state index in [1.54, 1.807) is 6.33 Å². The molecule has 3 heterocycles. The fourth-order valence-electron chi connectivity index (χ4n) is 3.07. The van der Waals surface area contributed by atoms with Gasteiger partial charge in [-0.25, -0.2) is 4.98 Å². The number of hydrogen-bond acceptors (Lipinski definition) is 6. The van der Waals surface area contributed by atoms with E-state index in [1.807, 2.05) is 0 Å². The fourth-order valence-corrected chi connectivity index (χ4v) is 3.29. The molecule has 4 rings (SSSR count). The number of fused-ring (bicyclic) bond motifs is 1. The van der Waals surface area contributed by atoms with Crippen molar-refractivity contribution >= 4 is 36.3 Å². The van der Waals surface area contributed by atoms with Crippen LogP contribution in [0.25, 0.3) is 0 Å². The highest BCUT2D eigenvalue weighted by Crippen LogP contribution is 2.29. The second-order valence-corrected chi connectivity index (χ2v) is 7.71. The molecule has 0 saturated carbocycles. The molecule has 1 saturated heterocycles. The van der Waals surface area contributed by atoms with Gasteiger partial charge in [0.1, 0.15) is 11.5 Å². The van der Waals surface area contributed by atoms with E-state index in [0.29, 0.717) is 24.5 Å². The minimum absolute atomic E-state index is 0.0848. The number of rotatable bonds is 3. The van der Waals surface area contributed by atoms with Crippen LogP contribution in [0.3, 0.4) is 0 Å². The van der Waals surface area contributed by atoms with Crippen molar-refractivity contribution in [2.45, 2.75) is 20.4 Å². The van der Waals surface area contributed by atoms with Crippen LogP contribution in [0, 0.1) is 10.1 Å². The van der Waals surface area contributed by atoms with Crippen molar-refractivity contribution in [2.75, 3.05) is 30.1 Å². The molecule has 0 atom stereocenters. The topological polar surface area (TPSA) is 62.4 Å². The molecule has 2 aromatic rings. The molecule has 0 aliphatic carbocycles. The van der Waals surface area contributed by atoms with Crippen molar-refractivity contribution in [3.63, 3.8) is 0 Å². The summed E-state index contributed by atoms with van der Waals surface area (Å²) in [5.41, 5.74) is 3.26. The normalized spacial score (nSPS) is 18.8. The lowest BCUT2D eigenvalue weighted by atomic mass is 9.76. The van der Waals surface area contributed by atoms with E-state index in [4.69, 9.17) is 21.5 Å². The summed E-state index contributed by atoms with van der Waals surface area (Å²) < 4.78 is 12.3. The maximum absolute atomic E-state index is 5.85. The Balaban J connectivity index is 1.44. The van der Waals surface area contributed by atoms with E-state index in [2.05, 4.69) is 58.3 Å². The third-order valence-electron chi connectivity index (χ3n) is 4.47. The molecule has 0 radical (unpaired) electrons. The highest BCUT2D eigenvalue weighted by atomic mass is 32.1. The average Bonchev–Trinajstić information content (AvgIpc) is 3.00. The van der Waals surface area contributed by atoms with Crippen LogP contribution < -0.4 is 15.7 Å². The molecule has 2 aliphatic rings. The molecule has 1 aromatic carbocycles. The lowest BCUT2D eigenvalue weighted by Crippen LogP contribution is -2.47. The van der Waals surface area contributed by atoms with Gasteiger partial charge in [0.2, 0.25) is 0 Å². The minimum atomic E-state index is -0.265. The van der Waals surface area contributed by atoms with Crippen LogP contribution in [-0.2, 0) is 15.9 Å². The van der Waals surface area contributed by atoms with Gasteiger partial charge in [0.05, 0.1) is 13.0 Å². The molecule has 0 spiro atoms. The molecule has 8 heteroatoms. The molecule has 130 valence electrons. The first kappa shape index (κ1) is 16.6. The van der Waals surface area contributed by atoms with Gasteiger partial charge in [0.15, 0.2) is 4.64 Å². The first-order valence-corrected chi connectivity index (χ1v) is 8.81. The molecule has 6 nitrogen and oxygen atoms in total. The van der Waals surface area contributed by atoms with Gasteiger partial charge in [-0.1, -0.05) is 50.3 Å². The van der Waals surface area contributed by atoms with Crippen molar-refractivity contribution < 1.29 is 9.31 Å². The lowest BCUT2D eigenvalue weighted by molar-refractivity contribution is 0.0343. The largest absolute Gasteiger partial charge is 0.493 e. The summed E-state index contributed by atoms with van der Waals surface area (Å²) in [5.74, 6) is 0.991. The van der Waals surface area contributed by atoms with Crippen LogP contribution in [0.2, 0.25) is 0 Å². The van der Waals surface area contributed by atoms with Gasteiger partial charge in [0, 0.05) is 25.2 Å². The van der Waals surface area contributed by atoms with Crippen molar-refractivity contribution in [3.8, 4) is 0 Å². The highest BCUT2D eigenvalue weighted by molar-refractivity contribution is 7.71. The number of nitrogens with one attached hydrogen (secondary N) is 2. The number of nitrogens with zero attached hydrogens (tertiary/aromatic N) is 2. The number of hydrogen-bond donors (Lipinski definition) is 2. The van der Waals surface area contributed by atoms with Gasteiger partial charge in [0.25, 0.3) is 0 Å². The monoisotopic (exact) mass is 356 g/mol. The van der Waals surface area contributed by atoms with Crippen LogP contribution in [0.1, 0.15) is 19.4 Å². The predicted octanol–water partition coefficient (Wildman–Crippen LogP) is 2.30. The third-order valence-corrected chi connectivity index (χ3v) is 4.78. The Kier molecular flexibility index (Phi) is 4.27. The third kappa shape index (κ3) is 3.42. The van der Waals surface area contributed by atoms with E-state index >= 15 is 0 Å². The number of H-pyrrole nitrogens is 1. The Morgan fingerprint density at radius 2 is 1.96 bits per heavy atom. The highest BCUT2D eigenvalue weighted by Gasteiger charge is 2.33. The summed E-state index contributed by atoms with van der Waals surface area (Å²) in [5, 5.41) is 3.30. The molecule has 1 fully saturated rings. The smallest absolute Gasteiger partial charge is 0.407 e. The number of anilines is 2. The van der Waals surface area contributed by atoms with Crippen LogP contribution in [0.15, 0.2) is 30.6 Å². The summed E-state index contributed by atoms with van der Waals surface area (Å²) >= 11 is 5.25. The maximum atomic E-state index is 5.85. The van der Waals surface area contributed by atoms with E-state index < -0.39 is 0 Å². The summed E-state index contributed by atoms with van der Waals surface area (Å²) in [6.07, 6.45) is 1.64. The van der Waals surface area contributed by atoms with Crippen LogP contribution in [0.4, 0.5) is 11.5 Å². The van der Waals surface area contributed by atoms with Crippen LogP contribution in [0.5, 0.6) is 0 Å². The molecule has 2 N–H and O–H groups in total. The molecule has 0 bridgehead atoms. The van der Waals surface area contributed by atoms with Crippen LogP contribution >= 0.6 is 12.2 Å². The Hall–Kier alpha value is -1.90. The maximum Gasteiger partial charge on any atom is 0.493 e. The van der Waals surface area contributed by atoms with Gasteiger partial charge < -0.3 is 24.5 Å². The van der Waals surface area contributed by atoms with E-state index in [0.717, 1.165) is 23.5 Å². The lowest BCUT2D eigenvalue weighted by Gasteiger charge is -2.33. The quantitative estimate of drug-likeness (QED) is 0.650.